The minimum atomic E-state index is -0.842. The summed E-state index contributed by atoms with van der Waals surface area (Å²) in [7, 11) is 0. The molecule has 1 aromatic heterocycles. The number of aryl methyl sites for hydroxylation is 1. The number of aliphatic carboxylic acids is 1. The molecule has 1 aliphatic heterocycles. The fourth-order valence-corrected chi connectivity index (χ4v) is 2.39. The summed E-state index contributed by atoms with van der Waals surface area (Å²) in [6.07, 6.45) is 1.64. The first kappa shape index (κ1) is 12.0. The van der Waals surface area contributed by atoms with Crippen molar-refractivity contribution in [3.05, 3.63) is 10.6 Å². The predicted octanol–water partition coefficient (Wildman–Crippen LogP) is 0.647. The number of aromatic nitrogens is 2. The fourth-order valence-electron chi connectivity index (χ4n) is 1.72. The predicted molar refractivity (Wildman–Crippen MR) is 60.9 cm³/mol. The van der Waals surface area contributed by atoms with Gasteiger partial charge in [0, 0.05) is 13.1 Å². The highest BCUT2D eigenvalue weighted by Crippen LogP contribution is 2.22. The number of hydrogen-bond acceptors (Lipinski definition) is 5. The topological polar surface area (TPSA) is 83.4 Å². The first-order valence-electron chi connectivity index (χ1n) is 5.46. The van der Waals surface area contributed by atoms with Crippen molar-refractivity contribution in [3.8, 4) is 0 Å². The van der Waals surface area contributed by atoms with Crippen LogP contribution in [0.1, 0.15) is 28.7 Å². The van der Waals surface area contributed by atoms with Gasteiger partial charge in [0.25, 0.3) is 5.91 Å². The van der Waals surface area contributed by atoms with Crippen LogP contribution in [0.4, 0.5) is 0 Å². The fraction of sp³-hybridized carbons (Fsp3) is 0.600. The molecule has 2 heterocycles. The number of carbonyl (C=O) groups excluding carboxylic acids is 1. The van der Waals surface area contributed by atoms with Crippen LogP contribution in [0.3, 0.4) is 0 Å². The lowest BCUT2D eigenvalue weighted by Crippen LogP contribution is -2.53. The summed E-state index contributed by atoms with van der Waals surface area (Å²) in [6.45, 7) is 2.59. The summed E-state index contributed by atoms with van der Waals surface area (Å²) in [4.78, 5) is 24.7. The average molecular weight is 255 g/mol. The van der Waals surface area contributed by atoms with Crippen molar-refractivity contribution in [2.75, 3.05) is 13.1 Å². The van der Waals surface area contributed by atoms with E-state index in [1.807, 2.05) is 6.92 Å². The van der Waals surface area contributed by atoms with Gasteiger partial charge in [0.2, 0.25) is 0 Å². The van der Waals surface area contributed by atoms with Gasteiger partial charge < -0.3 is 10.0 Å². The Balaban J connectivity index is 2.01. The second kappa shape index (κ2) is 4.79. The summed E-state index contributed by atoms with van der Waals surface area (Å²) < 4.78 is 3.78. The molecular weight excluding hydrogens is 242 g/mol. The molecule has 7 heteroatoms. The zero-order valence-electron chi connectivity index (χ0n) is 9.42. The summed E-state index contributed by atoms with van der Waals surface area (Å²) in [5.74, 6) is -1.40. The van der Waals surface area contributed by atoms with Crippen molar-refractivity contribution in [2.45, 2.75) is 19.8 Å². The van der Waals surface area contributed by atoms with E-state index in [9.17, 15) is 9.59 Å². The summed E-state index contributed by atoms with van der Waals surface area (Å²) >= 11 is 1.09. The van der Waals surface area contributed by atoms with Crippen LogP contribution in [0, 0.1) is 5.92 Å². The number of nitrogens with zero attached hydrogens (tertiary/aromatic N) is 3. The SMILES string of the molecule is CCCc1nnsc1C(=O)N1CC(C(=O)O)C1. The molecule has 1 aromatic rings. The van der Waals surface area contributed by atoms with Gasteiger partial charge in [-0.15, -0.1) is 5.10 Å². The maximum atomic E-state index is 12.0. The van der Waals surface area contributed by atoms with Gasteiger partial charge in [-0.05, 0) is 18.0 Å². The van der Waals surface area contributed by atoms with Gasteiger partial charge in [-0.25, -0.2) is 0 Å². The molecule has 1 amide bonds. The highest BCUT2D eigenvalue weighted by Gasteiger charge is 2.37. The van der Waals surface area contributed by atoms with Crippen molar-refractivity contribution in [3.63, 3.8) is 0 Å². The molecule has 2 rings (SSSR count). The standard InChI is InChI=1S/C10H13N3O3S/c1-2-3-7-8(17-12-11-7)9(14)13-4-6(5-13)10(15)16/h6H,2-5H2,1H3,(H,15,16). The molecular formula is C10H13N3O3S. The number of carboxylic acid groups (broad SMARTS) is 1. The van der Waals surface area contributed by atoms with Crippen LogP contribution in [0.25, 0.3) is 0 Å². The molecule has 0 atom stereocenters. The molecule has 0 unspecified atom stereocenters. The molecule has 0 aliphatic carbocycles. The minimum Gasteiger partial charge on any atom is -0.481 e. The van der Waals surface area contributed by atoms with Gasteiger partial charge in [0.1, 0.15) is 4.88 Å². The number of hydrogen-bond donors (Lipinski definition) is 1. The molecule has 0 radical (unpaired) electrons. The second-order valence-corrected chi connectivity index (χ2v) is 4.80. The van der Waals surface area contributed by atoms with E-state index in [0.717, 1.165) is 30.1 Å². The van der Waals surface area contributed by atoms with E-state index < -0.39 is 11.9 Å². The van der Waals surface area contributed by atoms with E-state index in [4.69, 9.17) is 5.11 Å². The molecule has 1 aliphatic rings. The molecule has 0 spiro atoms. The van der Waals surface area contributed by atoms with Crippen LogP contribution >= 0.6 is 11.5 Å². The van der Waals surface area contributed by atoms with Crippen LogP contribution in [-0.4, -0.2) is 44.6 Å². The zero-order valence-corrected chi connectivity index (χ0v) is 10.2. The Hall–Kier alpha value is -1.50. The molecule has 92 valence electrons. The van der Waals surface area contributed by atoms with Gasteiger partial charge in [-0.1, -0.05) is 17.8 Å². The second-order valence-electron chi connectivity index (χ2n) is 4.04. The summed E-state index contributed by atoms with van der Waals surface area (Å²) in [5.41, 5.74) is 0.723. The van der Waals surface area contributed by atoms with Gasteiger partial charge >= 0.3 is 5.97 Å². The summed E-state index contributed by atoms with van der Waals surface area (Å²) in [6, 6.07) is 0. The Morgan fingerprint density at radius 1 is 1.53 bits per heavy atom. The molecule has 17 heavy (non-hydrogen) atoms. The molecule has 1 fully saturated rings. The highest BCUT2D eigenvalue weighted by atomic mass is 32.1. The van der Waals surface area contributed by atoms with E-state index in [2.05, 4.69) is 9.59 Å². The Kier molecular flexibility index (Phi) is 3.37. The van der Waals surface area contributed by atoms with Gasteiger partial charge in [0.05, 0.1) is 11.6 Å². The Morgan fingerprint density at radius 3 is 2.82 bits per heavy atom. The van der Waals surface area contributed by atoms with Crippen molar-refractivity contribution in [1.29, 1.82) is 0 Å². The third-order valence-corrected chi connectivity index (χ3v) is 3.51. The van der Waals surface area contributed by atoms with Crippen LogP contribution in [0.5, 0.6) is 0 Å². The molecule has 0 bridgehead atoms. The van der Waals surface area contributed by atoms with Gasteiger partial charge in [-0.2, -0.15) is 0 Å². The van der Waals surface area contributed by atoms with Crippen molar-refractivity contribution in [2.24, 2.45) is 5.92 Å². The Morgan fingerprint density at radius 2 is 2.24 bits per heavy atom. The number of amides is 1. The molecule has 6 nitrogen and oxygen atoms in total. The van der Waals surface area contributed by atoms with Gasteiger partial charge in [0.15, 0.2) is 0 Å². The van der Waals surface area contributed by atoms with E-state index in [1.165, 1.54) is 4.90 Å². The molecule has 0 saturated carbocycles. The Labute approximate surface area is 102 Å². The van der Waals surface area contributed by atoms with Crippen molar-refractivity contribution < 1.29 is 14.7 Å². The third-order valence-electron chi connectivity index (χ3n) is 2.75. The van der Waals surface area contributed by atoms with E-state index in [1.54, 1.807) is 0 Å². The van der Waals surface area contributed by atoms with E-state index in [-0.39, 0.29) is 19.0 Å². The average Bonchev–Trinajstić information content (AvgIpc) is 2.63. The van der Waals surface area contributed by atoms with Crippen molar-refractivity contribution in [1.82, 2.24) is 14.5 Å². The first-order chi connectivity index (χ1) is 8.13. The lowest BCUT2D eigenvalue weighted by molar-refractivity contribution is -0.146. The number of rotatable bonds is 4. The number of carbonyl (C=O) groups is 2. The maximum absolute atomic E-state index is 12.0. The monoisotopic (exact) mass is 255 g/mol. The lowest BCUT2D eigenvalue weighted by atomic mass is 10.00. The van der Waals surface area contributed by atoms with Crippen LogP contribution in [0.2, 0.25) is 0 Å². The van der Waals surface area contributed by atoms with E-state index >= 15 is 0 Å². The highest BCUT2D eigenvalue weighted by molar-refractivity contribution is 7.08. The molecule has 1 N–H and O–H groups in total. The smallest absolute Gasteiger partial charge is 0.310 e. The first-order valence-corrected chi connectivity index (χ1v) is 6.24. The summed E-state index contributed by atoms with van der Waals surface area (Å²) in [5, 5.41) is 12.7. The maximum Gasteiger partial charge on any atom is 0.310 e. The van der Waals surface area contributed by atoms with Crippen LogP contribution in [0.15, 0.2) is 0 Å². The van der Waals surface area contributed by atoms with E-state index in [0.29, 0.717) is 4.88 Å². The van der Waals surface area contributed by atoms with Crippen molar-refractivity contribution >= 4 is 23.4 Å². The van der Waals surface area contributed by atoms with Crippen LogP contribution in [-0.2, 0) is 11.2 Å². The zero-order chi connectivity index (χ0) is 12.4. The Bertz CT molecular complexity index is 440. The third kappa shape index (κ3) is 2.28. The minimum absolute atomic E-state index is 0.138. The number of carboxylic acids is 1. The van der Waals surface area contributed by atoms with Gasteiger partial charge in [-0.3, -0.25) is 9.59 Å². The number of likely N-dealkylation sites (tertiary alicyclic amines) is 1. The normalized spacial score (nSPS) is 15.7. The molecule has 0 aromatic carbocycles. The lowest BCUT2D eigenvalue weighted by Gasteiger charge is -2.36. The molecule has 1 saturated heterocycles. The van der Waals surface area contributed by atoms with Crippen LogP contribution < -0.4 is 0 Å². The quantitative estimate of drug-likeness (QED) is 0.854. The largest absolute Gasteiger partial charge is 0.481 e.